The number of carbonyl (C=O) groups is 1. The summed E-state index contributed by atoms with van der Waals surface area (Å²) in [7, 11) is -2.48. The topological polar surface area (TPSA) is 32.8 Å². The third-order valence-electron chi connectivity index (χ3n) is 8.62. The second kappa shape index (κ2) is 7.37. The van der Waals surface area contributed by atoms with Gasteiger partial charge in [0.15, 0.2) is 28.9 Å². The molecule has 0 N–H and O–H groups in total. The molecule has 2 fully saturated rings. The maximum absolute atomic E-state index is 15.7. The van der Waals surface area contributed by atoms with Crippen molar-refractivity contribution in [1.29, 1.82) is 0 Å². The minimum Gasteiger partial charge on any atom is -0.440 e. The van der Waals surface area contributed by atoms with Gasteiger partial charge in [-0.1, -0.05) is 25.2 Å². The van der Waals surface area contributed by atoms with Gasteiger partial charge in [0.25, 0.3) is 0 Å². The second-order valence-corrected chi connectivity index (χ2v) is 15.2. The van der Waals surface area contributed by atoms with Crippen LogP contribution in [0.1, 0.15) is 39.9 Å². The van der Waals surface area contributed by atoms with E-state index in [-0.39, 0.29) is 0 Å². The molecule has 4 aliphatic heterocycles. The molecule has 0 amide bonds. The minimum absolute atomic E-state index is 0.481. The van der Waals surface area contributed by atoms with E-state index in [1.54, 1.807) is 12.1 Å². The standard InChI is InChI=1S/C28H24F4N2O2Si/c1-37(2)19-13-15(33-9-3-10-33)5-7-17(19)28(18-8-6-16(14-20(18)37)34-11-4-12-34)22-21(27(35)36-28)23(29)25(31)26(32)24(22)30/h5-8,13-14H,3-4,9-12H2,1-2H3. The molecule has 3 aromatic carbocycles. The van der Waals surface area contributed by atoms with Gasteiger partial charge in [-0.15, -0.1) is 0 Å². The first-order chi connectivity index (χ1) is 17.7. The van der Waals surface area contributed by atoms with Crippen LogP contribution in [-0.4, -0.2) is 40.2 Å². The Balaban J connectivity index is 1.58. The Labute approximate surface area is 212 Å². The fourth-order valence-electron chi connectivity index (χ4n) is 6.32. The Bertz CT molecular complexity index is 1460. The molecule has 2 saturated heterocycles. The zero-order chi connectivity index (χ0) is 25.9. The van der Waals surface area contributed by atoms with Crippen molar-refractivity contribution in [2.24, 2.45) is 0 Å². The van der Waals surface area contributed by atoms with Crippen molar-refractivity contribution in [3.8, 4) is 0 Å². The molecule has 0 aromatic heterocycles. The van der Waals surface area contributed by atoms with Crippen molar-refractivity contribution in [3.63, 3.8) is 0 Å². The number of halogens is 4. The lowest BCUT2D eigenvalue weighted by Crippen LogP contribution is -2.63. The zero-order valence-corrected chi connectivity index (χ0v) is 21.4. The van der Waals surface area contributed by atoms with Crippen LogP contribution in [0.25, 0.3) is 0 Å². The molecule has 7 rings (SSSR count). The van der Waals surface area contributed by atoms with Crippen molar-refractivity contribution in [2.75, 3.05) is 36.0 Å². The monoisotopic (exact) mass is 524 g/mol. The molecule has 0 atom stereocenters. The third-order valence-corrected chi connectivity index (χ3v) is 12.1. The van der Waals surface area contributed by atoms with E-state index in [0.717, 1.165) is 60.8 Å². The number of carbonyl (C=O) groups excluding carboxylic acids is 1. The molecule has 190 valence electrons. The van der Waals surface area contributed by atoms with Gasteiger partial charge in [0.1, 0.15) is 13.6 Å². The molecule has 4 nitrogen and oxygen atoms in total. The fourth-order valence-corrected chi connectivity index (χ4v) is 9.49. The van der Waals surface area contributed by atoms with Gasteiger partial charge < -0.3 is 14.5 Å². The highest BCUT2D eigenvalue weighted by atomic mass is 28.3. The van der Waals surface area contributed by atoms with Crippen LogP contribution < -0.4 is 20.2 Å². The van der Waals surface area contributed by atoms with Crippen molar-refractivity contribution < 1.29 is 27.1 Å². The second-order valence-electron chi connectivity index (χ2n) is 10.8. The van der Waals surface area contributed by atoms with Gasteiger partial charge in [0.2, 0.25) is 0 Å². The highest BCUT2D eigenvalue weighted by Gasteiger charge is 2.59. The molecule has 0 radical (unpaired) electrons. The highest BCUT2D eigenvalue weighted by Crippen LogP contribution is 2.51. The normalized spacial score (nSPS) is 20.1. The Morgan fingerprint density at radius 3 is 1.70 bits per heavy atom. The number of hydrogen-bond acceptors (Lipinski definition) is 4. The van der Waals surface area contributed by atoms with Crippen LogP contribution in [0.2, 0.25) is 13.1 Å². The van der Waals surface area contributed by atoms with E-state index in [9.17, 15) is 18.0 Å². The number of benzene rings is 3. The average molecular weight is 525 g/mol. The molecular weight excluding hydrogens is 500 g/mol. The van der Waals surface area contributed by atoms with E-state index in [2.05, 4.69) is 35.0 Å². The Hall–Kier alpha value is -3.33. The molecular formula is C28H24F4N2O2Si. The maximum atomic E-state index is 15.7. The fraction of sp³-hybridized carbons (Fsp3) is 0.321. The van der Waals surface area contributed by atoms with Crippen molar-refractivity contribution >= 4 is 35.8 Å². The lowest BCUT2D eigenvalue weighted by atomic mass is 9.78. The SMILES string of the molecule is C[Si]1(C)c2cc(N3CCC3)ccc2C2(OC(=O)c3c(F)c(F)c(F)c(F)c32)c2ccc(N3CCC3)cc21. The van der Waals surface area contributed by atoms with Crippen LogP contribution in [0.3, 0.4) is 0 Å². The number of anilines is 2. The number of esters is 1. The molecule has 0 bridgehead atoms. The van der Waals surface area contributed by atoms with Gasteiger partial charge in [0, 0.05) is 48.7 Å². The quantitative estimate of drug-likeness (QED) is 0.165. The number of rotatable bonds is 2. The van der Waals surface area contributed by atoms with Gasteiger partial charge in [-0.3, -0.25) is 0 Å². The van der Waals surface area contributed by atoms with Crippen molar-refractivity contribution in [1.82, 2.24) is 0 Å². The van der Waals surface area contributed by atoms with E-state index >= 15 is 4.39 Å². The predicted molar refractivity (Wildman–Crippen MR) is 135 cm³/mol. The maximum Gasteiger partial charge on any atom is 0.343 e. The summed E-state index contributed by atoms with van der Waals surface area (Å²) >= 11 is 0. The molecule has 37 heavy (non-hydrogen) atoms. The summed E-state index contributed by atoms with van der Waals surface area (Å²) < 4.78 is 65.5. The molecule has 0 unspecified atom stereocenters. The number of nitrogens with zero attached hydrogens (tertiary/aromatic N) is 2. The van der Waals surface area contributed by atoms with E-state index in [0.29, 0.717) is 11.1 Å². The van der Waals surface area contributed by atoms with Gasteiger partial charge in [0.05, 0.1) is 5.56 Å². The summed E-state index contributed by atoms with van der Waals surface area (Å²) in [6, 6.07) is 11.4. The van der Waals surface area contributed by atoms with Gasteiger partial charge >= 0.3 is 5.97 Å². The van der Waals surface area contributed by atoms with Crippen LogP contribution in [0, 0.1) is 23.3 Å². The summed E-state index contributed by atoms with van der Waals surface area (Å²) in [6.07, 6.45) is 2.17. The van der Waals surface area contributed by atoms with E-state index in [4.69, 9.17) is 4.74 Å². The summed E-state index contributed by atoms with van der Waals surface area (Å²) in [4.78, 5) is 17.6. The van der Waals surface area contributed by atoms with Crippen molar-refractivity contribution in [3.05, 3.63) is 81.9 Å². The number of ether oxygens (including phenoxy) is 1. The minimum atomic E-state index is -2.48. The Morgan fingerprint density at radius 1 is 0.757 bits per heavy atom. The number of fused-ring (bicyclic) bond motifs is 6. The van der Waals surface area contributed by atoms with E-state index in [1.165, 1.54) is 0 Å². The smallest absolute Gasteiger partial charge is 0.343 e. The van der Waals surface area contributed by atoms with Crippen molar-refractivity contribution in [2.45, 2.75) is 31.5 Å². The Morgan fingerprint density at radius 2 is 1.24 bits per heavy atom. The summed E-state index contributed by atoms with van der Waals surface area (Å²) in [5.74, 6) is -8.50. The highest BCUT2D eigenvalue weighted by molar-refractivity contribution is 7.01. The van der Waals surface area contributed by atoms with Gasteiger partial charge in [-0.25, -0.2) is 22.4 Å². The lowest BCUT2D eigenvalue weighted by molar-refractivity contribution is 0.0246. The first kappa shape index (κ1) is 22.8. The van der Waals surface area contributed by atoms with E-state index < -0.39 is 54.0 Å². The molecule has 0 aliphatic carbocycles. The molecule has 4 aliphatic rings. The van der Waals surface area contributed by atoms with Crippen LogP contribution in [0.15, 0.2) is 36.4 Å². The summed E-state index contributed by atoms with van der Waals surface area (Å²) in [5, 5.41) is 1.80. The van der Waals surface area contributed by atoms with Crippen LogP contribution in [0.5, 0.6) is 0 Å². The lowest BCUT2D eigenvalue weighted by Gasteiger charge is -2.45. The number of hydrogen-bond donors (Lipinski definition) is 0. The van der Waals surface area contributed by atoms with Gasteiger partial charge in [-0.05, 0) is 47.5 Å². The first-order valence-corrected chi connectivity index (χ1v) is 15.6. The zero-order valence-electron chi connectivity index (χ0n) is 20.4. The molecule has 9 heteroatoms. The largest absolute Gasteiger partial charge is 0.440 e. The summed E-state index contributed by atoms with van der Waals surface area (Å²) in [6.45, 7) is 8.04. The van der Waals surface area contributed by atoms with Crippen LogP contribution >= 0.6 is 0 Å². The van der Waals surface area contributed by atoms with Crippen LogP contribution in [0.4, 0.5) is 28.9 Å². The third kappa shape index (κ3) is 2.75. The van der Waals surface area contributed by atoms with Crippen LogP contribution in [-0.2, 0) is 10.3 Å². The molecule has 0 saturated carbocycles. The molecule has 1 spiro atoms. The average Bonchev–Trinajstić information content (AvgIpc) is 3.12. The first-order valence-electron chi connectivity index (χ1n) is 12.6. The Kier molecular flexibility index (Phi) is 4.55. The predicted octanol–water partition coefficient (Wildman–Crippen LogP) is 4.26. The molecule has 3 aromatic rings. The molecule has 4 heterocycles. The van der Waals surface area contributed by atoms with Gasteiger partial charge in [-0.2, -0.15) is 0 Å². The van der Waals surface area contributed by atoms with E-state index in [1.807, 2.05) is 12.1 Å². The summed E-state index contributed by atoms with van der Waals surface area (Å²) in [5.41, 5.74) is -0.417.